The van der Waals surface area contributed by atoms with E-state index in [1.807, 2.05) is 11.8 Å². The van der Waals surface area contributed by atoms with Crippen LogP contribution in [-0.2, 0) is 10.8 Å². The monoisotopic (exact) mass is 895 g/mol. The Kier molecular flexibility index (Phi) is 8.17. The van der Waals surface area contributed by atoms with Crippen molar-refractivity contribution in [3.05, 3.63) is 293 Å². The molecule has 322 valence electrons. The largest absolute Gasteiger partial charge is 0.457 e. The lowest BCUT2D eigenvalue weighted by Gasteiger charge is -2.40. The van der Waals surface area contributed by atoms with Gasteiger partial charge in [0.1, 0.15) is 11.5 Å². The van der Waals surface area contributed by atoms with Gasteiger partial charge in [-0.1, -0.05) is 212 Å². The molecule has 2 aliphatic heterocycles. The molecule has 2 nitrogen and oxygen atoms in total. The molecule has 0 unspecified atom stereocenters. The van der Waals surface area contributed by atoms with Crippen molar-refractivity contribution in [2.24, 2.45) is 0 Å². The first kappa shape index (κ1) is 38.7. The van der Waals surface area contributed by atoms with Crippen LogP contribution in [0.5, 0.6) is 11.5 Å². The molecule has 2 heterocycles. The first-order valence-corrected chi connectivity index (χ1v) is 24.6. The minimum absolute atomic E-state index is 0.519. The molecular formula is C66H41NOS. The molecule has 0 N–H and O–H groups in total. The highest BCUT2D eigenvalue weighted by Gasteiger charge is 2.53. The highest BCUT2D eigenvalue weighted by atomic mass is 32.2. The summed E-state index contributed by atoms with van der Waals surface area (Å²) in [6.07, 6.45) is 0. The van der Waals surface area contributed by atoms with Crippen molar-refractivity contribution in [1.82, 2.24) is 0 Å². The molecule has 0 radical (unpaired) electrons. The zero-order valence-corrected chi connectivity index (χ0v) is 38.3. The van der Waals surface area contributed by atoms with Crippen LogP contribution in [-0.4, -0.2) is 0 Å². The zero-order chi connectivity index (χ0) is 45.3. The average Bonchev–Trinajstić information content (AvgIpc) is 3.88. The van der Waals surface area contributed by atoms with E-state index in [-0.39, 0.29) is 0 Å². The van der Waals surface area contributed by atoms with E-state index in [2.05, 4.69) is 254 Å². The molecule has 0 saturated heterocycles. The fraction of sp³-hybridized carbons (Fsp3) is 0.0303. The molecule has 3 heteroatoms. The molecule has 2 aliphatic carbocycles. The van der Waals surface area contributed by atoms with Gasteiger partial charge < -0.3 is 9.64 Å². The molecule has 0 fully saturated rings. The lowest BCUT2D eigenvalue weighted by Crippen LogP contribution is -2.32. The van der Waals surface area contributed by atoms with Gasteiger partial charge in [-0.3, -0.25) is 0 Å². The Morgan fingerprint density at radius 2 is 0.739 bits per heavy atom. The zero-order valence-electron chi connectivity index (χ0n) is 37.4. The van der Waals surface area contributed by atoms with E-state index in [1.54, 1.807) is 0 Å². The Bertz CT molecular complexity index is 3650. The highest BCUT2D eigenvalue weighted by Crippen LogP contribution is 2.67. The minimum Gasteiger partial charge on any atom is -0.457 e. The van der Waals surface area contributed by atoms with Crippen LogP contribution in [0, 0.1) is 0 Å². The van der Waals surface area contributed by atoms with Crippen molar-refractivity contribution in [3.63, 3.8) is 0 Å². The van der Waals surface area contributed by atoms with Crippen molar-refractivity contribution >= 4 is 39.6 Å². The molecular weight excluding hydrogens is 855 g/mol. The van der Waals surface area contributed by atoms with E-state index in [9.17, 15) is 0 Å². The first-order chi connectivity index (χ1) is 34.2. The molecule has 69 heavy (non-hydrogen) atoms. The second kappa shape index (κ2) is 14.6. The number of hydrogen-bond donors (Lipinski definition) is 0. The number of para-hydroxylation sites is 2. The maximum atomic E-state index is 6.76. The molecule has 0 atom stereocenters. The topological polar surface area (TPSA) is 12.5 Å². The first-order valence-electron chi connectivity index (χ1n) is 23.8. The lowest BCUT2D eigenvalue weighted by atomic mass is 9.66. The predicted molar refractivity (Wildman–Crippen MR) is 283 cm³/mol. The Hall–Kier alpha value is -8.37. The van der Waals surface area contributed by atoms with Gasteiger partial charge in [-0.25, -0.2) is 0 Å². The van der Waals surface area contributed by atoms with Crippen LogP contribution in [0.1, 0.15) is 44.5 Å². The van der Waals surface area contributed by atoms with Crippen LogP contribution in [0.2, 0.25) is 0 Å². The molecule has 4 aliphatic rings. The standard InChI is InChI=1S/C66H41NOS/c1-2-20-45-42(18-1)19-15-23-46(45)43-38-40-44(41-39-43)67(57-32-16-30-55-63(57)47-21-3-5-24-49(47)65(55)51-26-7-11-34-59(51)68-60-35-12-8-27-52(60)65)58-33-17-31-56-64(58)48-22-4-6-25-50(48)66(56)53-28-9-13-36-61(53)69-62-37-14-10-29-54(62)66/h1-41H. The van der Waals surface area contributed by atoms with Gasteiger partial charge in [0.25, 0.3) is 0 Å². The third kappa shape index (κ3) is 5.12. The van der Waals surface area contributed by atoms with Crippen LogP contribution < -0.4 is 9.64 Å². The SMILES string of the molecule is c1ccc2c(c1)Oc1ccccc1C21c2ccccc2-c2c(N(c3ccc(-c4cccc5ccccc45)cc3)c3cccc4c3-c3ccccc3C43c4ccccc4Sc4ccccc43)cccc21. The van der Waals surface area contributed by atoms with Crippen molar-refractivity contribution < 1.29 is 4.74 Å². The van der Waals surface area contributed by atoms with Crippen LogP contribution >= 0.6 is 11.8 Å². The van der Waals surface area contributed by atoms with Gasteiger partial charge in [0.15, 0.2) is 0 Å². The molecule has 11 aromatic rings. The van der Waals surface area contributed by atoms with E-state index >= 15 is 0 Å². The summed E-state index contributed by atoms with van der Waals surface area (Å²) in [6.45, 7) is 0. The molecule has 0 bridgehead atoms. The Morgan fingerprint density at radius 3 is 1.33 bits per heavy atom. The van der Waals surface area contributed by atoms with Gasteiger partial charge in [0.2, 0.25) is 0 Å². The van der Waals surface area contributed by atoms with E-state index in [4.69, 9.17) is 4.74 Å². The second-order valence-corrected chi connectivity index (χ2v) is 19.7. The fourth-order valence-corrected chi connectivity index (χ4v) is 14.0. The van der Waals surface area contributed by atoms with Crippen molar-refractivity contribution in [2.45, 2.75) is 20.6 Å². The third-order valence-corrected chi connectivity index (χ3v) is 16.6. The van der Waals surface area contributed by atoms with Crippen LogP contribution in [0.4, 0.5) is 17.1 Å². The summed E-state index contributed by atoms with van der Waals surface area (Å²) in [5.74, 6) is 1.78. The Labute approximate surface area is 405 Å². The van der Waals surface area contributed by atoms with Crippen molar-refractivity contribution in [1.29, 1.82) is 0 Å². The number of nitrogens with zero attached hydrogens (tertiary/aromatic N) is 1. The van der Waals surface area contributed by atoms with E-state index in [0.717, 1.165) is 39.7 Å². The highest BCUT2D eigenvalue weighted by molar-refractivity contribution is 7.99. The molecule has 15 rings (SSSR count). The van der Waals surface area contributed by atoms with E-state index in [1.165, 1.54) is 87.3 Å². The van der Waals surface area contributed by atoms with Gasteiger partial charge in [-0.15, -0.1) is 0 Å². The molecule has 0 saturated carbocycles. The summed E-state index contributed by atoms with van der Waals surface area (Å²) in [6, 6.07) is 92.4. The maximum Gasteiger partial charge on any atom is 0.132 e. The molecule has 11 aromatic carbocycles. The van der Waals surface area contributed by atoms with Crippen molar-refractivity contribution in [3.8, 4) is 44.9 Å². The smallest absolute Gasteiger partial charge is 0.132 e. The quantitative estimate of drug-likeness (QED) is 0.175. The number of anilines is 3. The van der Waals surface area contributed by atoms with E-state index < -0.39 is 10.8 Å². The number of benzene rings is 11. The number of fused-ring (bicyclic) bond motifs is 19. The third-order valence-electron chi connectivity index (χ3n) is 15.4. The summed E-state index contributed by atoms with van der Waals surface area (Å²) < 4.78 is 6.76. The summed E-state index contributed by atoms with van der Waals surface area (Å²) in [7, 11) is 0. The number of hydrogen-bond acceptors (Lipinski definition) is 3. The van der Waals surface area contributed by atoms with Crippen molar-refractivity contribution in [2.75, 3.05) is 4.90 Å². The normalized spacial score (nSPS) is 14.4. The number of rotatable bonds is 4. The van der Waals surface area contributed by atoms with Gasteiger partial charge in [-0.2, -0.15) is 0 Å². The Morgan fingerprint density at radius 1 is 0.319 bits per heavy atom. The van der Waals surface area contributed by atoms with Gasteiger partial charge in [0.05, 0.1) is 22.2 Å². The fourth-order valence-electron chi connectivity index (χ4n) is 12.8. The van der Waals surface area contributed by atoms with E-state index in [0.29, 0.717) is 0 Å². The second-order valence-electron chi connectivity index (χ2n) is 18.6. The average molecular weight is 896 g/mol. The molecule has 0 amide bonds. The van der Waals surface area contributed by atoms with Crippen LogP contribution in [0.25, 0.3) is 44.2 Å². The number of ether oxygens (including phenoxy) is 1. The minimum atomic E-state index is -0.611. The van der Waals surface area contributed by atoms with Gasteiger partial charge in [0, 0.05) is 37.7 Å². The van der Waals surface area contributed by atoms with Crippen LogP contribution in [0.15, 0.2) is 259 Å². The maximum absolute atomic E-state index is 6.76. The lowest BCUT2D eigenvalue weighted by molar-refractivity contribution is 0.436. The summed E-state index contributed by atoms with van der Waals surface area (Å²) in [5.41, 5.74) is 19.7. The molecule has 2 spiro atoms. The molecule has 0 aromatic heterocycles. The summed E-state index contributed by atoms with van der Waals surface area (Å²) in [5, 5.41) is 2.49. The predicted octanol–water partition coefficient (Wildman–Crippen LogP) is 17.3. The summed E-state index contributed by atoms with van der Waals surface area (Å²) >= 11 is 1.89. The van der Waals surface area contributed by atoms with Gasteiger partial charge >= 0.3 is 0 Å². The Balaban J connectivity index is 1.04. The van der Waals surface area contributed by atoms with Crippen LogP contribution in [0.3, 0.4) is 0 Å². The van der Waals surface area contributed by atoms with Gasteiger partial charge in [-0.05, 0) is 115 Å². The summed E-state index contributed by atoms with van der Waals surface area (Å²) in [4.78, 5) is 5.16.